The van der Waals surface area contributed by atoms with Gasteiger partial charge in [-0.1, -0.05) is 6.92 Å². The zero-order valence-corrected chi connectivity index (χ0v) is 6.12. The molecular weight excluding hydrogens is 130 g/mol. The van der Waals surface area contributed by atoms with Crippen molar-refractivity contribution in [1.82, 2.24) is 0 Å². The molecule has 2 rings (SSSR count). The lowest BCUT2D eigenvalue weighted by atomic mass is 10.0. The molecule has 0 bridgehead atoms. The predicted molar refractivity (Wildman–Crippen MR) is 36.6 cm³/mol. The van der Waals surface area contributed by atoms with Gasteiger partial charge >= 0.3 is 0 Å². The van der Waals surface area contributed by atoms with Crippen LogP contribution in [-0.2, 0) is 9.47 Å². The standard InChI is InChI=1S/C7H13NO2/c1-4-2-9-7-5(8)3-10-6(4)7/h4-7H,2-3,8H2,1H3/t4-,5-,6-,7-/m1/s1. The van der Waals surface area contributed by atoms with Crippen LogP contribution in [0.3, 0.4) is 0 Å². The largest absolute Gasteiger partial charge is 0.373 e. The van der Waals surface area contributed by atoms with Gasteiger partial charge in [-0.15, -0.1) is 0 Å². The van der Waals surface area contributed by atoms with Crippen molar-refractivity contribution < 1.29 is 9.47 Å². The lowest BCUT2D eigenvalue weighted by molar-refractivity contribution is 0.0650. The molecule has 0 aromatic carbocycles. The van der Waals surface area contributed by atoms with E-state index in [1.165, 1.54) is 0 Å². The highest BCUT2D eigenvalue weighted by Crippen LogP contribution is 2.29. The van der Waals surface area contributed by atoms with Crippen LogP contribution in [0.2, 0.25) is 0 Å². The molecule has 2 N–H and O–H groups in total. The molecule has 2 heterocycles. The SMILES string of the molecule is C[C@@H]1CO[C@H]2[C@@H]1OC[C@H]2N. The molecule has 3 nitrogen and oxygen atoms in total. The Morgan fingerprint density at radius 3 is 2.60 bits per heavy atom. The Morgan fingerprint density at radius 2 is 1.90 bits per heavy atom. The molecule has 0 radical (unpaired) electrons. The predicted octanol–water partition coefficient (Wildman–Crippen LogP) is -0.253. The lowest BCUT2D eigenvalue weighted by Crippen LogP contribution is -2.35. The van der Waals surface area contributed by atoms with Gasteiger partial charge in [0.15, 0.2) is 0 Å². The van der Waals surface area contributed by atoms with Gasteiger partial charge in [-0.05, 0) is 0 Å². The highest BCUT2D eigenvalue weighted by Gasteiger charge is 2.43. The first-order valence-corrected chi connectivity index (χ1v) is 3.78. The van der Waals surface area contributed by atoms with E-state index >= 15 is 0 Å². The van der Waals surface area contributed by atoms with E-state index in [1.807, 2.05) is 0 Å². The normalized spacial score (nSPS) is 53.4. The molecule has 2 aliphatic heterocycles. The highest BCUT2D eigenvalue weighted by atomic mass is 16.6. The van der Waals surface area contributed by atoms with Crippen molar-refractivity contribution in [3.05, 3.63) is 0 Å². The van der Waals surface area contributed by atoms with E-state index in [1.54, 1.807) is 0 Å². The molecule has 0 spiro atoms. The van der Waals surface area contributed by atoms with Crippen molar-refractivity contribution >= 4 is 0 Å². The van der Waals surface area contributed by atoms with Crippen LogP contribution < -0.4 is 5.73 Å². The van der Waals surface area contributed by atoms with Crippen LogP contribution in [0, 0.1) is 5.92 Å². The van der Waals surface area contributed by atoms with Gasteiger partial charge in [0, 0.05) is 5.92 Å². The second-order valence-electron chi connectivity index (χ2n) is 3.24. The van der Waals surface area contributed by atoms with E-state index in [-0.39, 0.29) is 18.2 Å². The molecule has 0 aromatic rings. The molecule has 2 fully saturated rings. The maximum atomic E-state index is 5.73. The summed E-state index contributed by atoms with van der Waals surface area (Å²) in [6.45, 7) is 3.62. The first-order chi connectivity index (χ1) is 4.79. The summed E-state index contributed by atoms with van der Waals surface area (Å²) in [4.78, 5) is 0. The fraction of sp³-hybridized carbons (Fsp3) is 1.00. The second kappa shape index (κ2) is 2.19. The molecule has 0 aliphatic carbocycles. The van der Waals surface area contributed by atoms with Gasteiger partial charge in [0.25, 0.3) is 0 Å². The van der Waals surface area contributed by atoms with Gasteiger partial charge in [0.05, 0.1) is 25.4 Å². The Bertz CT molecular complexity index is 124. The topological polar surface area (TPSA) is 44.5 Å². The molecular formula is C7H13NO2. The highest BCUT2D eigenvalue weighted by molar-refractivity contribution is 4.94. The molecule has 4 atom stereocenters. The summed E-state index contributed by atoms with van der Waals surface area (Å²) in [5.74, 6) is 0.526. The summed E-state index contributed by atoms with van der Waals surface area (Å²) in [5, 5.41) is 0. The van der Waals surface area contributed by atoms with E-state index in [4.69, 9.17) is 15.2 Å². The monoisotopic (exact) mass is 143 g/mol. The summed E-state index contributed by atoms with van der Waals surface area (Å²) in [7, 11) is 0. The van der Waals surface area contributed by atoms with E-state index in [9.17, 15) is 0 Å². The van der Waals surface area contributed by atoms with Gasteiger partial charge in [-0.25, -0.2) is 0 Å². The van der Waals surface area contributed by atoms with Crippen LogP contribution in [0.1, 0.15) is 6.92 Å². The zero-order chi connectivity index (χ0) is 7.14. The summed E-state index contributed by atoms with van der Waals surface area (Å²) < 4.78 is 10.9. The molecule has 0 saturated carbocycles. The van der Waals surface area contributed by atoms with E-state index in [0.717, 1.165) is 6.61 Å². The Kier molecular flexibility index (Phi) is 1.44. The Morgan fingerprint density at radius 1 is 1.20 bits per heavy atom. The van der Waals surface area contributed by atoms with Crippen LogP contribution in [0.25, 0.3) is 0 Å². The van der Waals surface area contributed by atoms with E-state index in [2.05, 4.69) is 6.92 Å². The Labute approximate surface area is 60.5 Å². The fourth-order valence-electron chi connectivity index (χ4n) is 1.72. The molecule has 58 valence electrons. The van der Waals surface area contributed by atoms with Crippen molar-refractivity contribution in [2.24, 2.45) is 11.7 Å². The summed E-state index contributed by atoms with van der Waals surface area (Å²) in [6.07, 6.45) is 0.449. The first kappa shape index (κ1) is 6.58. The van der Waals surface area contributed by atoms with Crippen molar-refractivity contribution in [2.45, 2.75) is 25.2 Å². The average molecular weight is 143 g/mol. The Hall–Kier alpha value is -0.120. The lowest BCUT2D eigenvalue weighted by Gasteiger charge is -2.10. The molecule has 0 aromatic heterocycles. The first-order valence-electron chi connectivity index (χ1n) is 3.78. The van der Waals surface area contributed by atoms with Crippen LogP contribution >= 0.6 is 0 Å². The van der Waals surface area contributed by atoms with Crippen molar-refractivity contribution in [1.29, 1.82) is 0 Å². The van der Waals surface area contributed by atoms with Crippen LogP contribution in [0.5, 0.6) is 0 Å². The van der Waals surface area contributed by atoms with Crippen molar-refractivity contribution in [3.8, 4) is 0 Å². The maximum absolute atomic E-state index is 5.73. The van der Waals surface area contributed by atoms with Crippen LogP contribution in [0.4, 0.5) is 0 Å². The average Bonchev–Trinajstić information content (AvgIpc) is 2.41. The maximum Gasteiger partial charge on any atom is 0.101 e. The smallest absolute Gasteiger partial charge is 0.101 e. The number of ether oxygens (including phenoxy) is 2. The number of hydrogen-bond acceptors (Lipinski definition) is 3. The summed E-state index contributed by atoms with van der Waals surface area (Å²) in [6, 6.07) is 0.106. The van der Waals surface area contributed by atoms with E-state index in [0.29, 0.717) is 12.5 Å². The van der Waals surface area contributed by atoms with Gasteiger partial charge < -0.3 is 15.2 Å². The van der Waals surface area contributed by atoms with Gasteiger partial charge in [0.2, 0.25) is 0 Å². The fourth-order valence-corrected chi connectivity index (χ4v) is 1.72. The number of hydrogen-bond donors (Lipinski definition) is 1. The molecule has 0 amide bonds. The van der Waals surface area contributed by atoms with Gasteiger partial charge in [0.1, 0.15) is 6.10 Å². The zero-order valence-electron chi connectivity index (χ0n) is 6.12. The quantitative estimate of drug-likeness (QED) is 0.508. The summed E-state index contributed by atoms with van der Waals surface area (Å²) >= 11 is 0. The molecule has 2 saturated heterocycles. The molecule has 0 unspecified atom stereocenters. The second-order valence-corrected chi connectivity index (χ2v) is 3.24. The minimum atomic E-state index is 0.106. The van der Waals surface area contributed by atoms with E-state index < -0.39 is 0 Å². The van der Waals surface area contributed by atoms with Crippen LogP contribution in [-0.4, -0.2) is 31.5 Å². The van der Waals surface area contributed by atoms with Gasteiger partial charge in [-0.3, -0.25) is 0 Å². The molecule has 10 heavy (non-hydrogen) atoms. The van der Waals surface area contributed by atoms with Crippen molar-refractivity contribution in [2.75, 3.05) is 13.2 Å². The summed E-state index contributed by atoms with van der Waals surface area (Å²) in [5.41, 5.74) is 5.73. The minimum Gasteiger partial charge on any atom is -0.373 e. The van der Waals surface area contributed by atoms with Gasteiger partial charge in [-0.2, -0.15) is 0 Å². The van der Waals surface area contributed by atoms with Crippen molar-refractivity contribution in [3.63, 3.8) is 0 Å². The number of rotatable bonds is 0. The number of nitrogens with two attached hydrogens (primary N) is 1. The third-order valence-corrected chi connectivity index (χ3v) is 2.34. The molecule has 3 heteroatoms. The molecule has 2 aliphatic rings. The van der Waals surface area contributed by atoms with Crippen LogP contribution in [0.15, 0.2) is 0 Å². The minimum absolute atomic E-state index is 0.106. The number of fused-ring (bicyclic) bond motifs is 1. The Balaban J connectivity index is 2.09. The third kappa shape index (κ3) is 0.779. The third-order valence-electron chi connectivity index (χ3n) is 2.34.